The summed E-state index contributed by atoms with van der Waals surface area (Å²) in [6.45, 7) is 0.158. The van der Waals surface area contributed by atoms with E-state index in [0.29, 0.717) is 33.7 Å². The highest BCUT2D eigenvalue weighted by Crippen LogP contribution is 2.33. The molecule has 0 saturated carbocycles. The van der Waals surface area contributed by atoms with Crippen molar-refractivity contribution in [2.75, 3.05) is 6.79 Å². The topological polar surface area (TPSA) is 77.8 Å². The molecule has 0 spiro atoms. The van der Waals surface area contributed by atoms with Crippen molar-refractivity contribution in [2.45, 2.75) is 0 Å². The summed E-state index contributed by atoms with van der Waals surface area (Å²) in [4.78, 5) is 26.3. The van der Waals surface area contributed by atoms with E-state index in [1.54, 1.807) is 60.7 Å². The average Bonchev–Trinajstić information content (AvgIpc) is 3.26. The van der Waals surface area contributed by atoms with Gasteiger partial charge >= 0.3 is 0 Å². The van der Waals surface area contributed by atoms with E-state index < -0.39 is 11.3 Å². The minimum atomic E-state index is -0.587. The molecule has 0 aliphatic carbocycles. The van der Waals surface area contributed by atoms with E-state index in [1.165, 1.54) is 10.6 Å². The van der Waals surface area contributed by atoms with Gasteiger partial charge in [0.15, 0.2) is 17.3 Å². The summed E-state index contributed by atoms with van der Waals surface area (Å²) in [5.41, 5.74) is 0.980. The van der Waals surface area contributed by atoms with Crippen molar-refractivity contribution in [3.8, 4) is 22.9 Å². The van der Waals surface area contributed by atoms with Crippen LogP contribution in [0.2, 0.25) is 0 Å². The second kappa shape index (κ2) is 7.50. The number of ketones is 1. The zero-order chi connectivity index (χ0) is 21.4. The van der Waals surface area contributed by atoms with Crippen LogP contribution in [0.3, 0.4) is 0 Å². The Kier molecular flexibility index (Phi) is 4.52. The molecule has 6 nitrogen and oxygen atoms in total. The van der Waals surface area contributed by atoms with Gasteiger partial charge in [0.25, 0.3) is 5.56 Å². The highest BCUT2D eigenvalue weighted by Gasteiger charge is 2.21. The number of ether oxygens (including phenoxy) is 2. The molecule has 31 heavy (non-hydrogen) atoms. The number of aromatic hydroxyl groups is 1. The van der Waals surface area contributed by atoms with Gasteiger partial charge in [0.05, 0.1) is 5.52 Å². The van der Waals surface area contributed by atoms with Crippen molar-refractivity contribution >= 4 is 22.8 Å². The Morgan fingerprint density at radius 1 is 0.935 bits per heavy atom. The highest BCUT2D eigenvalue weighted by molar-refractivity contribution is 6.11. The molecule has 0 bridgehead atoms. The summed E-state index contributed by atoms with van der Waals surface area (Å²) < 4.78 is 12.1. The number of aromatic nitrogens is 1. The fraction of sp³-hybridized carbons (Fsp3) is 0.0400. The number of hydrogen-bond donors (Lipinski definition) is 1. The van der Waals surface area contributed by atoms with Crippen LogP contribution in [0.25, 0.3) is 22.7 Å². The van der Waals surface area contributed by atoms with Crippen LogP contribution in [0.5, 0.6) is 17.2 Å². The zero-order valence-electron chi connectivity index (χ0n) is 16.3. The monoisotopic (exact) mass is 411 g/mol. The number of pyridine rings is 1. The lowest BCUT2D eigenvalue weighted by Crippen LogP contribution is -2.25. The van der Waals surface area contributed by atoms with Crippen LogP contribution in [0.15, 0.2) is 83.7 Å². The minimum absolute atomic E-state index is 0.158. The first kappa shape index (κ1) is 18.7. The Bertz CT molecular complexity index is 1400. The summed E-state index contributed by atoms with van der Waals surface area (Å²) in [7, 11) is 0. The standard InChI is InChI=1S/C25H17NO5/c27-20(12-10-16-11-13-21-22(14-16)31-15-30-21)23-24(28)18-8-4-5-9-19(18)26(25(23)29)17-6-2-1-3-7-17/h1-14,28H,15H2/b12-10+. The summed E-state index contributed by atoms with van der Waals surface area (Å²) in [5, 5.41) is 11.2. The molecule has 5 rings (SSSR count). The van der Waals surface area contributed by atoms with E-state index in [9.17, 15) is 14.7 Å². The van der Waals surface area contributed by atoms with Crippen molar-refractivity contribution < 1.29 is 19.4 Å². The van der Waals surface area contributed by atoms with Crippen molar-refractivity contribution in [3.05, 3.63) is 100 Å². The molecule has 0 unspecified atom stereocenters. The van der Waals surface area contributed by atoms with Gasteiger partial charge in [0.1, 0.15) is 11.3 Å². The lowest BCUT2D eigenvalue weighted by Gasteiger charge is -2.14. The molecule has 4 aromatic rings. The number of fused-ring (bicyclic) bond motifs is 2. The van der Waals surface area contributed by atoms with Crippen molar-refractivity contribution in [2.24, 2.45) is 0 Å². The zero-order valence-corrected chi connectivity index (χ0v) is 16.3. The molecule has 0 amide bonds. The molecule has 0 fully saturated rings. The molecule has 6 heteroatoms. The Balaban J connectivity index is 1.63. The molecule has 0 radical (unpaired) electrons. The first-order chi connectivity index (χ1) is 15.1. The Morgan fingerprint density at radius 2 is 1.68 bits per heavy atom. The fourth-order valence-corrected chi connectivity index (χ4v) is 3.65. The van der Waals surface area contributed by atoms with E-state index in [4.69, 9.17) is 9.47 Å². The van der Waals surface area contributed by atoms with E-state index in [0.717, 1.165) is 0 Å². The van der Waals surface area contributed by atoms with Crippen LogP contribution in [-0.4, -0.2) is 22.2 Å². The summed E-state index contributed by atoms with van der Waals surface area (Å²) in [6, 6.07) is 21.2. The molecule has 0 saturated heterocycles. The molecule has 0 atom stereocenters. The third kappa shape index (κ3) is 3.24. The summed E-state index contributed by atoms with van der Waals surface area (Å²) in [5.74, 6) is 0.319. The number of carbonyl (C=O) groups is 1. The summed E-state index contributed by atoms with van der Waals surface area (Å²) in [6.07, 6.45) is 2.85. The maximum Gasteiger partial charge on any atom is 0.270 e. The molecule has 3 aromatic carbocycles. The molecule has 2 heterocycles. The van der Waals surface area contributed by atoms with Crippen molar-refractivity contribution in [3.63, 3.8) is 0 Å². The third-order valence-corrected chi connectivity index (χ3v) is 5.14. The van der Waals surface area contributed by atoms with Gasteiger partial charge in [-0.25, -0.2) is 0 Å². The van der Waals surface area contributed by atoms with Gasteiger partial charge in [-0.15, -0.1) is 0 Å². The average molecular weight is 411 g/mol. The molecule has 1 aliphatic heterocycles. The predicted molar refractivity (Wildman–Crippen MR) is 117 cm³/mol. The van der Waals surface area contributed by atoms with Crippen LogP contribution in [0, 0.1) is 0 Å². The van der Waals surface area contributed by atoms with Gasteiger partial charge in [0, 0.05) is 11.1 Å². The second-order valence-corrected chi connectivity index (χ2v) is 7.03. The molecular formula is C25H17NO5. The second-order valence-electron chi connectivity index (χ2n) is 7.03. The molecular weight excluding hydrogens is 394 g/mol. The molecule has 152 valence electrons. The third-order valence-electron chi connectivity index (χ3n) is 5.14. The molecule has 1 aromatic heterocycles. The van der Waals surface area contributed by atoms with Crippen LogP contribution in [-0.2, 0) is 0 Å². The van der Waals surface area contributed by atoms with Crippen molar-refractivity contribution in [1.29, 1.82) is 0 Å². The molecule has 1 N–H and O–H groups in total. The Hall–Kier alpha value is -4.32. The lowest BCUT2D eigenvalue weighted by atomic mass is 10.0. The number of nitrogens with zero attached hydrogens (tertiary/aromatic N) is 1. The van der Waals surface area contributed by atoms with Gasteiger partial charge in [-0.2, -0.15) is 0 Å². The normalized spacial score (nSPS) is 12.5. The SMILES string of the molecule is O=C(/C=C/c1ccc2c(c1)OCO2)c1c(O)c2ccccc2n(-c2ccccc2)c1=O. The number of rotatable bonds is 4. The lowest BCUT2D eigenvalue weighted by molar-refractivity contribution is 0.104. The number of para-hydroxylation sites is 2. The minimum Gasteiger partial charge on any atom is -0.506 e. The molecule has 1 aliphatic rings. The number of benzene rings is 3. The number of hydrogen-bond acceptors (Lipinski definition) is 5. The first-order valence-electron chi connectivity index (χ1n) is 9.68. The highest BCUT2D eigenvalue weighted by atomic mass is 16.7. The van der Waals surface area contributed by atoms with Crippen LogP contribution in [0.4, 0.5) is 0 Å². The fourth-order valence-electron chi connectivity index (χ4n) is 3.65. The Labute approximate surface area is 177 Å². The number of allylic oxidation sites excluding steroid dienone is 1. The maximum absolute atomic E-state index is 13.3. The van der Waals surface area contributed by atoms with E-state index in [2.05, 4.69) is 0 Å². The van der Waals surface area contributed by atoms with Crippen LogP contribution < -0.4 is 15.0 Å². The van der Waals surface area contributed by atoms with Crippen molar-refractivity contribution in [1.82, 2.24) is 4.57 Å². The predicted octanol–water partition coefficient (Wildman–Crippen LogP) is 4.32. The van der Waals surface area contributed by atoms with Gasteiger partial charge in [-0.05, 0) is 48.0 Å². The first-order valence-corrected chi connectivity index (χ1v) is 9.68. The van der Waals surface area contributed by atoms with E-state index >= 15 is 0 Å². The maximum atomic E-state index is 13.3. The van der Waals surface area contributed by atoms with Gasteiger partial charge < -0.3 is 14.6 Å². The summed E-state index contributed by atoms with van der Waals surface area (Å²) >= 11 is 0. The quantitative estimate of drug-likeness (QED) is 0.400. The van der Waals surface area contributed by atoms with Gasteiger partial charge in [0.2, 0.25) is 6.79 Å². The Morgan fingerprint density at radius 3 is 2.52 bits per heavy atom. The van der Waals surface area contributed by atoms with Gasteiger partial charge in [-0.1, -0.05) is 42.5 Å². The van der Waals surface area contributed by atoms with Crippen LogP contribution in [0.1, 0.15) is 15.9 Å². The van der Waals surface area contributed by atoms with E-state index in [1.807, 2.05) is 18.2 Å². The van der Waals surface area contributed by atoms with Gasteiger partial charge in [-0.3, -0.25) is 14.2 Å². The number of carbonyl (C=O) groups excluding carboxylic acids is 1. The largest absolute Gasteiger partial charge is 0.506 e. The van der Waals surface area contributed by atoms with Crippen LogP contribution >= 0.6 is 0 Å². The smallest absolute Gasteiger partial charge is 0.270 e. The van der Waals surface area contributed by atoms with E-state index in [-0.39, 0.29) is 18.1 Å².